The van der Waals surface area contributed by atoms with Crippen LogP contribution < -0.4 is 5.32 Å². The average molecular weight is 471 g/mol. The van der Waals surface area contributed by atoms with E-state index in [1.54, 1.807) is 0 Å². The molecule has 0 aromatic heterocycles. The minimum atomic E-state index is -3.72. The number of benzene rings is 3. The zero-order valence-corrected chi connectivity index (χ0v) is 20.4. The summed E-state index contributed by atoms with van der Waals surface area (Å²) in [5, 5.41) is 3.33. The fraction of sp³-hybridized carbons (Fsp3) is 0.308. The fourth-order valence-electron chi connectivity index (χ4n) is 4.00. The molecule has 0 heterocycles. The van der Waals surface area contributed by atoms with Crippen LogP contribution in [0.4, 0.5) is 0 Å². The van der Waals surface area contributed by atoms with Gasteiger partial charge in [-0.15, -0.1) is 11.6 Å². The molecule has 0 bridgehead atoms. The topological polar surface area (TPSA) is 49.4 Å². The van der Waals surface area contributed by atoms with Crippen molar-refractivity contribution in [1.82, 2.24) is 9.62 Å². The maximum atomic E-state index is 13.7. The number of alkyl halides is 1. The minimum absolute atomic E-state index is 0.102. The molecule has 3 aromatic carbocycles. The molecule has 0 saturated heterocycles. The summed E-state index contributed by atoms with van der Waals surface area (Å²) in [5.41, 5.74) is 3.76. The van der Waals surface area contributed by atoms with Crippen molar-refractivity contribution in [3.8, 4) is 0 Å². The van der Waals surface area contributed by atoms with Crippen LogP contribution in [0, 0.1) is 0 Å². The highest BCUT2D eigenvalue weighted by atomic mass is 35.5. The number of sulfonamides is 1. The van der Waals surface area contributed by atoms with Gasteiger partial charge in [-0.25, -0.2) is 8.42 Å². The molecule has 1 N–H and O–H groups in total. The molecule has 0 spiro atoms. The highest BCUT2D eigenvalue weighted by Gasteiger charge is 2.36. The van der Waals surface area contributed by atoms with E-state index in [2.05, 4.69) is 19.2 Å². The number of nitrogens with zero attached hydrogens (tertiary/aromatic N) is 1. The molecule has 170 valence electrons. The fourth-order valence-corrected chi connectivity index (χ4v) is 6.10. The van der Waals surface area contributed by atoms with Crippen LogP contribution in [0.3, 0.4) is 0 Å². The predicted molar refractivity (Wildman–Crippen MR) is 133 cm³/mol. The van der Waals surface area contributed by atoms with Crippen LogP contribution in [0.5, 0.6) is 0 Å². The smallest absolute Gasteiger partial charge is 0.220 e. The lowest BCUT2D eigenvalue weighted by molar-refractivity contribution is 0.292. The molecule has 2 atom stereocenters. The van der Waals surface area contributed by atoms with Crippen molar-refractivity contribution in [2.75, 3.05) is 13.1 Å². The Morgan fingerprint density at radius 2 is 1.41 bits per heavy atom. The third-order valence-electron chi connectivity index (χ3n) is 5.68. The first-order valence-corrected chi connectivity index (χ1v) is 12.9. The van der Waals surface area contributed by atoms with Gasteiger partial charge in [0.2, 0.25) is 10.0 Å². The normalized spacial score (nSPS) is 13.9. The van der Waals surface area contributed by atoms with Crippen LogP contribution in [0.15, 0.2) is 84.9 Å². The predicted octanol–water partition coefficient (Wildman–Crippen LogP) is 5.84. The molecule has 3 aromatic rings. The van der Waals surface area contributed by atoms with Gasteiger partial charge in [-0.3, -0.25) is 0 Å². The number of rotatable bonds is 10. The molecule has 32 heavy (non-hydrogen) atoms. The summed E-state index contributed by atoms with van der Waals surface area (Å²) in [4.78, 5) is 0. The Balaban J connectivity index is 2.04. The molecule has 0 aliphatic heterocycles. The Morgan fingerprint density at radius 1 is 0.844 bits per heavy atom. The largest absolute Gasteiger partial charge is 0.311 e. The monoisotopic (exact) mass is 470 g/mol. The first kappa shape index (κ1) is 24.5. The Bertz CT molecular complexity index is 1090. The van der Waals surface area contributed by atoms with Crippen molar-refractivity contribution in [1.29, 1.82) is 0 Å². The minimum Gasteiger partial charge on any atom is -0.311 e. The summed E-state index contributed by atoms with van der Waals surface area (Å²) >= 11 is 6.35. The van der Waals surface area contributed by atoms with Crippen LogP contribution in [-0.4, -0.2) is 25.8 Å². The average Bonchev–Trinajstić information content (AvgIpc) is 2.80. The molecule has 0 aliphatic carbocycles. The Kier molecular flexibility index (Phi) is 8.49. The molecule has 0 fully saturated rings. The summed E-state index contributed by atoms with van der Waals surface area (Å²) in [7, 11) is -1.87. The molecular weight excluding hydrogens is 440 g/mol. The number of hydrogen-bond donors (Lipinski definition) is 1. The summed E-state index contributed by atoms with van der Waals surface area (Å²) < 4.78 is 28.8. The van der Waals surface area contributed by atoms with Crippen LogP contribution in [0.25, 0.3) is 0 Å². The second-order valence-corrected chi connectivity index (χ2v) is 10.4. The summed E-state index contributed by atoms with van der Waals surface area (Å²) in [5.74, 6) is 0.222. The van der Waals surface area contributed by atoms with E-state index < -0.39 is 16.1 Å². The van der Waals surface area contributed by atoms with E-state index in [0.717, 1.165) is 22.3 Å². The number of halogens is 1. The summed E-state index contributed by atoms with van der Waals surface area (Å²) in [6.45, 7) is 4.20. The van der Waals surface area contributed by atoms with Gasteiger partial charge in [0.05, 0.1) is 23.8 Å². The number of hydrogen-bond acceptors (Lipinski definition) is 3. The van der Waals surface area contributed by atoms with E-state index in [9.17, 15) is 8.42 Å². The zero-order chi connectivity index (χ0) is 23.1. The van der Waals surface area contributed by atoms with Gasteiger partial charge in [-0.05, 0) is 35.2 Å². The summed E-state index contributed by atoms with van der Waals surface area (Å²) in [6.07, 6.45) is 0. The Morgan fingerprint density at radius 3 is 1.94 bits per heavy atom. The van der Waals surface area contributed by atoms with E-state index in [4.69, 9.17) is 11.6 Å². The van der Waals surface area contributed by atoms with Gasteiger partial charge in [0, 0.05) is 0 Å². The van der Waals surface area contributed by atoms with Gasteiger partial charge in [0.25, 0.3) is 0 Å². The second-order valence-electron chi connectivity index (χ2n) is 8.20. The Hall–Kier alpha value is -2.18. The van der Waals surface area contributed by atoms with Crippen molar-refractivity contribution in [3.63, 3.8) is 0 Å². The number of nitrogens with one attached hydrogen (secondary N) is 1. The SMILES string of the molecule is CNC(c1ccccc1)C(c1ccccc1)N(CCl)S(=O)(=O)Cc1cccc(C(C)C)c1. The third-order valence-corrected chi connectivity index (χ3v) is 7.85. The molecule has 0 amide bonds. The maximum Gasteiger partial charge on any atom is 0.220 e. The lowest BCUT2D eigenvalue weighted by atomic mass is 9.93. The van der Waals surface area contributed by atoms with Crippen molar-refractivity contribution >= 4 is 21.6 Å². The van der Waals surface area contributed by atoms with Gasteiger partial charge >= 0.3 is 0 Å². The highest BCUT2D eigenvalue weighted by molar-refractivity contribution is 7.88. The van der Waals surface area contributed by atoms with Gasteiger partial charge in [-0.1, -0.05) is 98.8 Å². The van der Waals surface area contributed by atoms with E-state index in [0.29, 0.717) is 5.92 Å². The van der Waals surface area contributed by atoms with Crippen molar-refractivity contribution in [3.05, 3.63) is 107 Å². The van der Waals surface area contributed by atoms with Gasteiger partial charge in [0.1, 0.15) is 0 Å². The molecule has 0 radical (unpaired) electrons. The van der Waals surface area contributed by atoms with Crippen LogP contribution >= 0.6 is 11.6 Å². The van der Waals surface area contributed by atoms with E-state index in [1.807, 2.05) is 92.0 Å². The zero-order valence-electron chi connectivity index (χ0n) is 18.8. The molecule has 4 nitrogen and oxygen atoms in total. The van der Waals surface area contributed by atoms with Crippen molar-refractivity contribution in [2.45, 2.75) is 37.6 Å². The first-order valence-electron chi connectivity index (χ1n) is 10.8. The van der Waals surface area contributed by atoms with Crippen LogP contribution in [0.1, 0.15) is 54.1 Å². The molecule has 0 aliphatic rings. The van der Waals surface area contributed by atoms with E-state index in [-0.39, 0.29) is 17.8 Å². The quantitative estimate of drug-likeness (QED) is 0.299. The van der Waals surface area contributed by atoms with Crippen LogP contribution in [-0.2, 0) is 15.8 Å². The molecular formula is C26H31ClN2O2S. The maximum absolute atomic E-state index is 13.7. The van der Waals surface area contributed by atoms with Gasteiger partial charge < -0.3 is 5.32 Å². The van der Waals surface area contributed by atoms with Crippen LogP contribution in [0.2, 0.25) is 0 Å². The standard InChI is InChI=1S/C26H31ClN2O2S/c1-20(2)24-16-10-11-21(17-24)18-32(30,31)29(19-27)26(23-14-8-5-9-15-23)25(28-3)22-12-6-4-7-13-22/h4-17,20,25-26,28H,18-19H2,1-3H3. The first-order chi connectivity index (χ1) is 15.4. The molecule has 0 saturated carbocycles. The summed E-state index contributed by atoms with van der Waals surface area (Å²) in [6, 6.07) is 26.4. The van der Waals surface area contributed by atoms with Crippen molar-refractivity contribution in [2.24, 2.45) is 0 Å². The molecule has 6 heteroatoms. The van der Waals surface area contributed by atoms with E-state index in [1.165, 1.54) is 4.31 Å². The van der Waals surface area contributed by atoms with Crippen molar-refractivity contribution < 1.29 is 8.42 Å². The lowest BCUT2D eigenvalue weighted by Gasteiger charge is -2.35. The second kappa shape index (κ2) is 11.1. The molecule has 3 rings (SSSR count). The highest BCUT2D eigenvalue weighted by Crippen LogP contribution is 2.37. The number of likely N-dealkylation sites (N-methyl/N-ethyl adjacent to an activating group) is 1. The molecule has 2 unspecified atom stereocenters. The van der Waals surface area contributed by atoms with E-state index >= 15 is 0 Å². The lowest BCUT2D eigenvalue weighted by Crippen LogP contribution is -2.41. The Labute approximate surface area is 197 Å². The van der Waals surface area contributed by atoms with Gasteiger partial charge in [0.15, 0.2) is 0 Å². The van der Waals surface area contributed by atoms with Gasteiger partial charge in [-0.2, -0.15) is 4.31 Å². The third kappa shape index (κ3) is 5.78.